The SMILES string of the molecule is CCCNC(=O)CNc1cnn(CC(C)C)c(=O)c1Cl. The van der Waals surface area contributed by atoms with E-state index in [0.717, 1.165) is 6.42 Å². The Hall–Kier alpha value is -1.56. The van der Waals surface area contributed by atoms with Gasteiger partial charge < -0.3 is 10.6 Å². The molecule has 0 saturated heterocycles. The van der Waals surface area contributed by atoms with E-state index in [1.165, 1.54) is 10.9 Å². The Morgan fingerprint density at radius 1 is 1.50 bits per heavy atom. The van der Waals surface area contributed by atoms with Gasteiger partial charge in [0.05, 0.1) is 18.4 Å². The summed E-state index contributed by atoms with van der Waals surface area (Å²) in [6.45, 7) is 7.16. The molecule has 0 aliphatic rings. The lowest BCUT2D eigenvalue weighted by atomic mass is 10.2. The Morgan fingerprint density at radius 3 is 2.80 bits per heavy atom. The van der Waals surface area contributed by atoms with Crippen LogP contribution in [0.15, 0.2) is 11.0 Å². The Bertz CT molecular complexity index is 514. The zero-order valence-electron chi connectivity index (χ0n) is 12.1. The van der Waals surface area contributed by atoms with Gasteiger partial charge in [-0.2, -0.15) is 5.10 Å². The van der Waals surface area contributed by atoms with Crippen LogP contribution in [0.1, 0.15) is 27.2 Å². The van der Waals surface area contributed by atoms with Gasteiger partial charge in [0, 0.05) is 13.1 Å². The summed E-state index contributed by atoms with van der Waals surface area (Å²) in [5, 5.41) is 9.65. The first-order valence-electron chi connectivity index (χ1n) is 6.71. The molecule has 0 saturated carbocycles. The molecular formula is C13H21ClN4O2. The fraction of sp³-hybridized carbons (Fsp3) is 0.615. The number of amides is 1. The monoisotopic (exact) mass is 300 g/mol. The van der Waals surface area contributed by atoms with Crippen LogP contribution in [-0.2, 0) is 11.3 Å². The number of carbonyl (C=O) groups excluding carboxylic acids is 1. The van der Waals surface area contributed by atoms with Gasteiger partial charge in [-0.25, -0.2) is 4.68 Å². The maximum Gasteiger partial charge on any atom is 0.287 e. The van der Waals surface area contributed by atoms with Gasteiger partial charge in [-0.3, -0.25) is 9.59 Å². The number of aromatic nitrogens is 2. The number of rotatable bonds is 7. The second kappa shape index (κ2) is 7.89. The predicted molar refractivity (Wildman–Crippen MR) is 80.1 cm³/mol. The summed E-state index contributed by atoms with van der Waals surface area (Å²) in [6, 6.07) is 0. The van der Waals surface area contributed by atoms with Crippen molar-refractivity contribution in [2.75, 3.05) is 18.4 Å². The minimum Gasteiger partial charge on any atom is -0.373 e. The van der Waals surface area contributed by atoms with E-state index in [0.29, 0.717) is 24.7 Å². The van der Waals surface area contributed by atoms with E-state index in [1.807, 2.05) is 20.8 Å². The van der Waals surface area contributed by atoms with Crippen molar-refractivity contribution in [3.05, 3.63) is 21.6 Å². The van der Waals surface area contributed by atoms with Crippen molar-refractivity contribution in [2.24, 2.45) is 5.92 Å². The molecule has 0 radical (unpaired) electrons. The summed E-state index contributed by atoms with van der Waals surface area (Å²) >= 11 is 6.00. The average molecular weight is 301 g/mol. The maximum atomic E-state index is 12.0. The first-order chi connectivity index (χ1) is 9.45. The molecule has 0 bridgehead atoms. The molecule has 6 nitrogen and oxygen atoms in total. The number of hydrogen-bond donors (Lipinski definition) is 2. The molecule has 1 aromatic heterocycles. The molecule has 0 fully saturated rings. The second-order valence-electron chi connectivity index (χ2n) is 4.96. The largest absolute Gasteiger partial charge is 0.373 e. The molecule has 2 N–H and O–H groups in total. The number of halogens is 1. The summed E-state index contributed by atoms with van der Waals surface area (Å²) < 4.78 is 1.33. The molecule has 1 aromatic rings. The van der Waals surface area contributed by atoms with Crippen LogP contribution in [-0.4, -0.2) is 28.8 Å². The van der Waals surface area contributed by atoms with Crippen molar-refractivity contribution in [3.63, 3.8) is 0 Å². The quantitative estimate of drug-likeness (QED) is 0.800. The van der Waals surface area contributed by atoms with Gasteiger partial charge >= 0.3 is 0 Å². The van der Waals surface area contributed by atoms with Crippen molar-refractivity contribution in [1.29, 1.82) is 0 Å². The Labute approximate surface area is 123 Å². The van der Waals surface area contributed by atoms with Crippen LogP contribution in [0, 0.1) is 5.92 Å². The van der Waals surface area contributed by atoms with Crippen LogP contribution < -0.4 is 16.2 Å². The molecule has 0 atom stereocenters. The highest BCUT2D eigenvalue weighted by atomic mass is 35.5. The number of nitrogens with zero attached hydrogens (tertiary/aromatic N) is 2. The summed E-state index contributed by atoms with van der Waals surface area (Å²) in [4.78, 5) is 23.4. The third kappa shape index (κ3) is 4.85. The van der Waals surface area contributed by atoms with Gasteiger partial charge in [0.15, 0.2) is 0 Å². The van der Waals surface area contributed by atoms with E-state index in [2.05, 4.69) is 15.7 Å². The molecule has 1 amide bonds. The normalized spacial score (nSPS) is 10.7. The Balaban J connectivity index is 2.71. The van der Waals surface area contributed by atoms with Crippen LogP contribution in [0.25, 0.3) is 0 Å². The zero-order chi connectivity index (χ0) is 15.1. The molecule has 7 heteroatoms. The van der Waals surface area contributed by atoms with Crippen molar-refractivity contribution in [3.8, 4) is 0 Å². The summed E-state index contributed by atoms with van der Waals surface area (Å²) in [5.41, 5.74) is 0.0302. The number of nitrogens with one attached hydrogen (secondary N) is 2. The average Bonchev–Trinajstić information content (AvgIpc) is 2.40. The van der Waals surface area contributed by atoms with Crippen LogP contribution in [0.4, 0.5) is 5.69 Å². The minimum atomic E-state index is -0.348. The number of anilines is 1. The molecule has 1 heterocycles. The first kappa shape index (κ1) is 16.5. The highest BCUT2D eigenvalue weighted by Gasteiger charge is 2.11. The molecule has 112 valence electrons. The van der Waals surface area contributed by atoms with Gasteiger partial charge in [0.25, 0.3) is 5.56 Å². The molecule has 0 aliphatic carbocycles. The molecule has 1 rings (SSSR count). The van der Waals surface area contributed by atoms with Crippen molar-refractivity contribution in [1.82, 2.24) is 15.1 Å². The Morgan fingerprint density at radius 2 is 2.20 bits per heavy atom. The van der Waals surface area contributed by atoms with Gasteiger partial charge in [0.1, 0.15) is 5.02 Å². The third-order valence-electron chi connectivity index (χ3n) is 2.53. The van der Waals surface area contributed by atoms with E-state index in [1.54, 1.807) is 0 Å². The van der Waals surface area contributed by atoms with Crippen LogP contribution in [0.5, 0.6) is 0 Å². The van der Waals surface area contributed by atoms with Gasteiger partial charge in [-0.15, -0.1) is 0 Å². The second-order valence-corrected chi connectivity index (χ2v) is 5.33. The zero-order valence-corrected chi connectivity index (χ0v) is 12.8. The summed E-state index contributed by atoms with van der Waals surface area (Å²) in [5.74, 6) is 0.157. The minimum absolute atomic E-state index is 0.0592. The molecule has 0 spiro atoms. The van der Waals surface area contributed by atoms with E-state index in [-0.39, 0.29) is 23.0 Å². The van der Waals surface area contributed by atoms with E-state index in [4.69, 9.17) is 11.6 Å². The van der Waals surface area contributed by atoms with Crippen LogP contribution >= 0.6 is 11.6 Å². The highest BCUT2D eigenvalue weighted by Crippen LogP contribution is 2.14. The third-order valence-corrected chi connectivity index (χ3v) is 2.90. The molecule has 0 unspecified atom stereocenters. The molecule has 0 aliphatic heterocycles. The molecular weight excluding hydrogens is 280 g/mol. The van der Waals surface area contributed by atoms with Crippen LogP contribution in [0.2, 0.25) is 5.02 Å². The van der Waals surface area contributed by atoms with Crippen molar-refractivity contribution in [2.45, 2.75) is 33.7 Å². The van der Waals surface area contributed by atoms with Crippen molar-refractivity contribution < 1.29 is 4.79 Å². The van der Waals surface area contributed by atoms with E-state index >= 15 is 0 Å². The van der Waals surface area contributed by atoms with E-state index < -0.39 is 0 Å². The lowest BCUT2D eigenvalue weighted by molar-refractivity contribution is -0.119. The summed E-state index contributed by atoms with van der Waals surface area (Å²) in [6.07, 6.45) is 2.35. The summed E-state index contributed by atoms with van der Waals surface area (Å²) in [7, 11) is 0. The lowest BCUT2D eigenvalue weighted by Crippen LogP contribution is -2.31. The topological polar surface area (TPSA) is 76.0 Å². The first-order valence-corrected chi connectivity index (χ1v) is 7.09. The molecule has 0 aromatic carbocycles. The standard InChI is InChI=1S/C13H21ClN4O2/c1-4-5-15-11(19)7-16-10-6-17-18(8-9(2)3)13(20)12(10)14/h6,9,16H,4-5,7-8H2,1-3H3,(H,15,19). The van der Waals surface area contributed by atoms with Gasteiger partial charge in [-0.05, 0) is 12.3 Å². The van der Waals surface area contributed by atoms with Gasteiger partial charge in [-0.1, -0.05) is 32.4 Å². The number of hydrogen-bond acceptors (Lipinski definition) is 4. The fourth-order valence-corrected chi connectivity index (χ4v) is 1.78. The maximum absolute atomic E-state index is 12.0. The Kier molecular flexibility index (Phi) is 6.51. The highest BCUT2D eigenvalue weighted by molar-refractivity contribution is 6.33. The molecule has 20 heavy (non-hydrogen) atoms. The lowest BCUT2D eigenvalue weighted by Gasteiger charge is -2.11. The fourth-order valence-electron chi connectivity index (χ4n) is 1.57. The van der Waals surface area contributed by atoms with Crippen molar-refractivity contribution >= 4 is 23.2 Å². The smallest absolute Gasteiger partial charge is 0.287 e. The predicted octanol–water partition coefficient (Wildman–Crippen LogP) is 1.49. The van der Waals surface area contributed by atoms with Gasteiger partial charge in [0.2, 0.25) is 5.91 Å². The van der Waals surface area contributed by atoms with Crippen LogP contribution in [0.3, 0.4) is 0 Å². The van der Waals surface area contributed by atoms with E-state index in [9.17, 15) is 9.59 Å². The number of carbonyl (C=O) groups is 1.